The van der Waals surface area contributed by atoms with Gasteiger partial charge in [-0.25, -0.2) is 0 Å². The molecular formula is C13H19N5. The van der Waals surface area contributed by atoms with Crippen LogP contribution in [0.15, 0.2) is 24.5 Å². The largest absolute Gasteiger partial charge is 0.329 e. The first kappa shape index (κ1) is 13.0. The van der Waals surface area contributed by atoms with E-state index in [2.05, 4.69) is 20.9 Å². The van der Waals surface area contributed by atoms with E-state index in [1.807, 2.05) is 12.1 Å². The summed E-state index contributed by atoms with van der Waals surface area (Å²) in [7, 11) is 0. The molecule has 2 heterocycles. The molecule has 1 aliphatic heterocycles. The van der Waals surface area contributed by atoms with Crippen LogP contribution in [-0.2, 0) is 0 Å². The van der Waals surface area contributed by atoms with Crippen molar-refractivity contribution < 1.29 is 0 Å². The Morgan fingerprint density at radius 2 is 2.17 bits per heavy atom. The van der Waals surface area contributed by atoms with Gasteiger partial charge in [-0.3, -0.25) is 14.8 Å². The number of nitriles is 1. The molecule has 1 aliphatic rings. The van der Waals surface area contributed by atoms with E-state index in [-0.39, 0.29) is 6.04 Å². The maximum atomic E-state index is 9.35. The highest BCUT2D eigenvalue weighted by Gasteiger charge is 2.24. The third-order valence-electron chi connectivity index (χ3n) is 3.34. The molecule has 5 nitrogen and oxygen atoms in total. The molecule has 0 spiro atoms. The molecule has 0 radical (unpaired) electrons. The number of hydrogen-bond donors (Lipinski definition) is 1. The SMILES string of the molecule is N#C[C@H](c1cccnc1)N1CCN(CCN)CC1. The molecule has 0 bridgehead atoms. The van der Waals surface area contributed by atoms with Crippen molar-refractivity contribution in [3.63, 3.8) is 0 Å². The smallest absolute Gasteiger partial charge is 0.125 e. The zero-order valence-corrected chi connectivity index (χ0v) is 10.5. The van der Waals surface area contributed by atoms with Crippen LogP contribution in [-0.4, -0.2) is 54.1 Å². The van der Waals surface area contributed by atoms with E-state index < -0.39 is 0 Å². The topological polar surface area (TPSA) is 69.2 Å². The Bertz CT molecular complexity index is 392. The number of aromatic nitrogens is 1. The molecule has 1 aromatic rings. The van der Waals surface area contributed by atoms with Crippen LogP contribution in [0, 0.1) is 11.3 Å². The number of nitrogens with zero attached hydrogens (tertiary/aromatic N) is 4. The summed E-state index contributed by atoms with van der Waals surface area (Å²) in [5.41, 5.74) is 6.53. The standard InChI is InChI=1S/C13H19N5/c14-3-5-17-6-8-18(9-7-17)13(10-15)12-2-1-4-16-11-12/h1-2,4,11,13H,3,5-9,14H2/t13-/m1/s1. The van der Waals surface area contributed by atoms with Crippen molar-refractivity contribution in [1.82, 2.24) is 14.8 Å². The summed E-state index contributed by atoms with van der Waals surface area (Å²) in [6.45, 7) is 5.42. The first-order chi connectivity index (χ1) is 8.85. The summed E-state index contributed by atoms with van der Waals surface area (Å²) in [5, 5.41) is 9.35. The van der Waals surface area contributed by atoms with Gasteiger partial charge in [0.25, 0.3) is 0 Å². The first-order valence-corrected chi connectivity index (χ1v) is 6.31. The maximum Gasteiger partial charge on any atom is 0.125 e. The van der Waals surface area contributed by atoms with Crippen molar-refractivity contribution >= 4 is 0 Å². The third-order valence-corrected chi connectivity index (χ3v) is 3.34. The molecule has 1 saturated heterocycles. The summed E-state index contributed by atoms with van der Waals surface area (Å²) in [5.74, 6) is 0. The van der Waals surface area contributed by atoms with E-state index in [1.54, 1.807) is 12.4 Å². The minimum Gasteiger partial charge on any atom is -0.329 e. The number of nitrogens with two attached hydrogens (primary N) is 1. The second kappa shape index (κ2) is 6.45. The van der Waals surface area contributed by atoms with E-state index in [0.29, 0.717) is 6.54 Å². The molecule has 1 fully saturated rings. The van der Waals surface area contributed by atoms with Crippen LogP contribution in [0.25, 0.3) is 0 Å². The van der Waals surface area contributed by atoms with Crippen molar-refractivity contribution in [1.29, 1.82) is 5.26 Å². The van der Waals surface area contributed by atoms with Gasteiger partial charge in [0, 0.05) is 57.2 Å². The van der Waals surface area contributed by atoms with Gasteiger partial charge in [-0.2, -0.15) is 5.26 Å². The fourth-order valence-corrected chi connectivity index (χ4v) is 2.33. The van der Waals surface area contributed by atoms with Gasteiger partial charge in [-0.1, -0.05) is 6.07 Å². The lowest BCUT2D eigenvalue weighted by atomic mass is 10.1. The second-order valence-corrected chi connectivity index (χ2v) is 4.48. The minimum absolute atomic E-state index is 0.182. The second-order valence-electron chi connectivity index (χ2n) is 4.48. The highest BCUT2D eigenvalue weighted by atomic mass is 15.3. The molecule has 0 aliphatic carbocycles. The maximum absolute atomic E-state index is 9.35. The Morgan fingerprint density at radius 3 is 2.72 bits per heavy atom. The van der Waals surface area contributed by atoms with Crippen LogP contribution in [0.1, 0.15) is 11.6 Å². The fourth-order valence-electron chi connectivity index (χ4n) is 2.33. The summed E-state index contributed by atoms with van der Waals surface area (Å²) in [4.78, 5) is 8.64. The minimum atomic E-state index is -0.182. The van der Waals surface area contributed by atoms with Gasteiger partial charge >= 0.3 is 0 Å². The highest BCUT2D eigenvalue weighted by Crippen LogP contribution is 2.20. The van der Waals surface area contributed by atoms with Gasteiger partial charge in [-0.15, -0.1) is 0 Å². The lowest BCUT2D eigenvalue weighted by molar-refractivity contribution is 0.116. The molecule has 0 aromatic carbocycles. The van der Waals surface area contributed by atoms with Crippen LogP contribution in [0.3, 0.4) is 0 Å². The zero-order chi connectivity index (χ0) is 12.8. The van der Waals surface area contributed by atoms with Crippen LogP contribution < -0.4 is 5.73 Å². The van der Waals surface area contributed by atoms with Crippen molar-refractivity contribution in [2.75, 3.05) is 39.3 Å². The number of pyridine rings is 1. The van der Waals surface area contributed by atoms with Gasteiger partial charge in [0.2, 0.25) is 0 Å². The van der Waals surface area contributed by atoms with Crippen LogP contribution >= 0.6 is 0 Å². The van der Waals surface area contributed by atoms with E-state index in [1.165, 1.54) is 0 Å². The number of piperazine rings is 1. The van der Waals surface area contributed by atoms with E-state index in [9.17, 15) is 5.26 Å². The molecule has 0 unspecified atom stereocenters. The Hall–Kier alpha value is -1.48. The molecule has 1 atom stereocenters. The summed E-state index contributed by atoms with van der Waals surface area (Å²) in [6.07, 6.45) is 3.51. The van der Waals surface area contributed by atoms with Crippen molar-refractivity contribution in [2.24, 2.45) is 5.73 Å². The monoisotopic (exact) mass is 245 g/mol. The Morgan fingerprint density at radius 1 is 1.39 bits per heavy atom. The Labute approximate surface area is 108 Å². The summed E-state index contributed by atoms with van der Waals surface area (Å²) in [6, 6.07) is 6.04. The lowest BCUT2D eigenvalue weighted by Crippen LogP contribution is -2.48. The summed E-state index contributed by atoms with van der Waals surface area (Å²) >= 11 is 0. The predicted molar refractivity (Wildman–Crippen MR) is 69.7 cm³/mol. The normalized spacial score (nSPS) is 19.3. The van der Waals surface area contributed by atoms with Crippen LogP contribution in [0.2, 0.25) is 0 Å². The molecular weight excluding hydrogens is 226 g/mol. The van der Waals surface area contributed by atoms with Crippen LogP contribution in [0.5, 0.6) is 0 Å². The Balaban J connectivity index is 1.97. The highest BCUT2D eigenvalue weighted by molar-refractivity contribution is 5.20. The van der Waals surface area contributed by atoms with Gasteiger partial charge < -0.3 is 5.73 Å². The van der Waals surface area contributed by atoms with Crippen molar-refractivity contribution in [3.8, 4) is 6.07 Å². The van der Waals surface area contributed by atoms with Gasteiger partial charge in [0.15, 0.2) is 0 Å². The quantitative estimate of drug-likeness (QED) is 0.822. The average molecular weight is 245 g/mol. The molecule has 0 amide bonds. The molecule has 2 N–H and O–H groups in total. The van der Waals surface area contributed by atoms with Gasteiger partial charge in [0.05, 0.1) is 6.07 Å². The van der Waals surface area contributed by atoms with E-state index in [0.717, 1.165) is 38.3 Å². The molecule has 96 valence electrons. The van der Waals surface area contributed by atoms with Gasteiger partial charge in [0.1, 0.15) is 6.04 Å². The van der Waals surface area contributed by atoms with Gasteiger partial charge in [-0.05, 0) is 6.07 Å². The van der Waals surface area contributed by atoms with E-state index in [4.69, 9.17) is 5.73 Å². The number of hydrogen-bond acceptors (Lipinski definition) is 5. The summed E-state index contributed by atoms with van der Waals surface area (Å²) < 4.78 is 0. The van der Waals surface area contributed by atoms with Crippen molar-refractivity contribution in [2.45, 2.75) is 6.04 Å². The average Bonchev–Trinajstić information content (AvgIpc) is 2.43. The molecule has 1 aromatic heterocycles. The number of rotatable bonds is 4. The lowest BCUT2D eigenvalue weighted by Gasteiger charge is -2.36. The molecule has 0 saturated carbocycles. The zero-order valence-electron chi connectivity index (χ0n) is 10.5. The van der Waals surface area contributed by atoms with Crippen LogP contribution in [0.4, 0.5) is 0 Å². The first-order valence-electron chi connectivity index (χ1n) is 6.31. The predicted octanol–water partition coefficient (Wildman–Crippen LogP) is 0.223. The third kappa shape index (κ3) is 3.05. The Kier molecular flexibility index (Phi) is 4.65. The molecule has 2 rings (SSSR count). The molecule has 5 heteroatoms. The fraction of sp³-hybridized carbons (Fsp3) is 0.538. The van der Waals surface area contributed by atoms with Crippen molar-refractivity contribution in [3.05, 3.63) is 30.1 Å². The molecule has 18 heavy (non-hydrogen) atoms. The van der Waals surface area contributed by atoms with E-state index >= 15 is 0 Å².